The number of amides is 1. The Bertz CT molecular complexity index is 1530. The number of fused-ring (bicyclic) bond motifs is 1. The first-order valence-corrected chi connectivity index (χ1v) is 11.2. The Kier molecular flexibility index (Phi) is 6.31. The third-order valence-electron chi connectivity index (χ3n) is 5.66. The quantitative estimate of drug-likeness (QED) is 0.236. The number of aromatic nitrogens is 1. The monoisotopic (exact) mass is 516 g/mol. The second kappa shape index (κ2) is 9.11. The lowest BCUT2D eigenvalue weighted by atomic mass is 9.97. The summed E-state index contributed by atoms with van der Waals surface area (Å²) in [5, 5.41) is 14.1. The topological polar surface area (TPSA) is 120 Å². The average molecular weight is 517 g/mol. The molecule has 0 aliphatic carbocycles. The molecule has 0 saturated carbocycles. The summed E-state index contributed by atoms with van der Waals surface area (Å²) in [6.45, 7) is 3.71. The number of halogens is 3. The van der Waals surface area contributed by atoms with Crippen LogP contribution < -0.4 is 15.8 Å². The predicted molar refractivity (Wildman–Crippen MR) is 132 cm³/mol. The summed E-state index contributed by atoms with van der Waals surface area (Å²) in [5.41, 5.74) is 7.02. The molecule has 4 rings (SSSR count). The molecular formula is C24H19F3N4O4S. The molecule has 186 valence electrons. The minimum atomic E-state index is -4.73. The molecule has 0 spiro atoms. The van der Waals surface area contributed by atoms with Crippen LogP contribution in [0.15, 0.2) is 42.5 Å². The van der Waals surface area contributed by atoms with Crippen LogP contribution in [0.1, 0.15) is 26.5 Å². The Morgan fingerprint density at radius 1 is 1.14 bits per heavy atom. The van der Waals surface area contributed by atoms with E-state index in [9.17, 15) is 28.1 Å². The number of benzene rings is 2. The van der Waals surface area contributed by atoms with Crippen molar-refractivity contribution in [3.63, 3.8) is 0 Å². The van der Waals surface area contributed by atoms with Gasteiger partial charge in [-0.15, -0.1) is 11.3 Å². The minimum Gasteiger partial charge on any atom is -0.496 e. The van der Waals surface area contributed by atoms with Crippen LogP contribution in [0.4, 0.5) is 30.2 Å². The highest BCUT2D eigenvalue weighted by atomic mass is 32.1. The van der Waals surface area contributed by atoms with Crippen molar-refractivity contribution in [3.05, 3.63) is 74.3 Å². The maximum absolute atomic E-state index is 13.6. The van der Waals surface area contributed by atoms with E-state index in [4.69, 9.17) is 10.5 Å². The maximum Gasteiger partial charge on any atom is 0.433 e. The van der Waals surface area contributed by atoms with Crippen LogP contribution in [0.5, 0.6) is 5.75 Å². The van der Waals surface area contributed by atoms with Gasteiger partial charge < -0.3 is 15.8 Å². The Morgan fingerprint density at radius 2 is 1.86 bits per heavy atom. The second-order valence-corrected chi connectivity index (χ2v) is 8.97. The van der Waals surface area contributed by atoms with Crippen molar-refractivity contribution in [2.45, 2.75) is 20.0 Å². The third-order valence-corrected chi connectivity index (χ3v) is 6.76. The van der Waals surface area contributed by atoms with E-state index in [0.29, 0.717) is 16.9 Å². The molecule has 0 bridgehead atoms. The van der Waals surface area contributed by atoms with Crippen molar-refractivity contribution in [1.82, 2.24) is 4.98 Å². The number of nitrogens with one attached hydrogen (secondary N) is 1. The van der Waals surface area contributed by atoms with Gasteiger partial charge in [-0.05, 0) is 54.3 Å². The van der Waals surface area contributed by atoms with Gasteiger partial charge in [-0.25, -0.2) is 4.98 Å². The molecule has 0 aliphatic rings. The Labute approximate surface area is 206 Å². The first-order valence-electron chi connectivity index (χ1n) is 10.4. The van der Waals surface area contributed by atoms with E-state index in [1.54, 1.807) is 18.2 Å². The highest BCUT2D eigenvalue weighted by Gasteiger charge is 2.35. The van der Waals surface area contributed by atoms with Crippen LogP contribution in [-0.4, -0.2) is 22.9 Å². The molecule has 0 aliphatic heterocycles. The summed E-state index contributed by atoms with van der Waals surface area (Å²) in [5.74, 6) is -0.605. The molecular weight excluding hydrogens is 497 g/mol. The van der Waals surface area contributed by atoms with Gasteiger partial charge in [-0.3, -0.25) is 14.9 Å². The van der Waals surface area contributed by atoms with Gasteiger partial charge in [0.15, 0.2) is 0 Å². The molecule has 4 aromatic rings. The van der Waals surface area contributed by atoms with Gasteiger partial charge in [0.05, 0.1) is 23.8 Å². The highest BCUT2D eigenvalue weighted by Crippen LogP contribution is 2.43. The number of carbonyl (C=O) groups is 1. The summed E-state index contributed by atoms with van der Waals surface area (Å²) >= 11 is 0.677. The van der Waals surface area contributed by atoms with Gasteiger partial charge in [0.1, 0.15) is 26.8 Å². The number of nitro benzene ring substituents is 1. The molecule has 0 unspecified atom stereocenters. The van der Waals surface area contributed by atoms with Crippen molar-refractivity contribution in [3.8, 4) is 16.9 Å². The number of ether oxygens (including phenoxy) is 1. The van der Waals surface area contributed by atoms with E-state index in [1.165, 1.54) is 19.2 Å². The summed E-state index contributed by atoms with van der Waals surface area (Å²) < 4.78 is 45.9. The number of nitrogen functional groups attached to an aromatic ring is 1. The number of pyridine rings is 1. The molecule has 2 heterocycles. The molecule has 0 fully saturated rings. The Hall–Kier alpha value is -4.19. The van der Waals surface area contributed by atoms with E-state index >= 15 is 0 Å². The highest BCUT2D eigenvalue weighted by molar-refractivity contribution is 7.21. The summed E-state index contributed by atoms with van der Waals surface area (Å²) in [4.78, 5) is 27.4. The van der Waals surface area contributed by atoms with Gasteiger partial charge in [0, 0.05) is 5.39 Å². The van der Waals surface area contributed by atoms with Crippen LogP contribution in [-0.2, 0) is 6.18 Å². The van der Waals surface area contributed by atoms with Crippen molar-refractivity contribution >= 4 is 44.5 Å². The smallest absolute Gasteiger partial charge is 0.433 e. The van der Waals surface area contributed by atoms with Crippen molar-refractivity contribution in [2.24, 2.45) is 0 Å². The lowest BCUT2D eigenvalue weighted by Crippen LogP contribution is -2.13. The van der Waals surface area contributed by atoms with E-state index in [2.05, 4.69) is 10.3 Å². The van der Waals surface area contributed by atoms with Gasteiger partial charge in [-0.1, -0.05) is 18.2 Å². The SMILES string of the molecule is COc1ccc(NC(=O)c2sc3nc(C(F)(F)F)cc(-c4ccc(C)c(C)c4)c3c2N)c([N+](=O)[O-])c1. The predicted octanol–water partition coefficient (Wildman–Crippen LogP) is 6.35. The van der Waals surface area contributed by atoms with Crippen LogP contribution in [0.2, 0.25) is 0 Å². The second-order valence-electron chi connectivity index (χ2n) is 7.97. The van der Waals surface area contributed by atoms with E-state index in [0.717, 1.165) is 23.3 Å². The average Bonchev–Trinajstić information content (AvgIpc) is 3.16. The standard InChI is InChI=1S/C24H19F3N4O4S/c1-11-4-5-13(8-12(11)2)15-10-18(24(25,26)27)30-23-19(15)20(28)21(36-23)22(32)29-16-7-6-14(35-3)9-17(16)31(33)34/h4-10H,28H2,1-3H3,(H,29,32). The van der Waals surface area contributed by atoms with E-state index in [-0.39, 0.29) is 37.8 Å². The number of alkyl halides is 3. The zero-order chi connectivity index (χ0) is 26.4. The number of hydrogen-bond donors (Lipinski definition) is 2. The minimum absolute atomic E-state index is 0.0712. The van der Waals surface area contributed by atoms with Gasteiger partial charge in [-0.2, -0.15) is 13.2 Å². The number of hydrogen-bond acceptors (Lipinski definition) is 7. The lowest BCUT2D eigenvalue weighted by Gasteiger charge is -2.12. The number of methoxy groups -OCH3 is 1. The first-order chi connectivity index (χ1) is 16.9. The molecule has 2 aromatic heterocycles. The van der Waals surface area contributed by atoms with Crippen molar-refractivity contribution in [2.75, 3.05) is 18.2 Å². The summed E-state index contributed by atoms with van der Waals surface area (Å²) in [6, 6.07) is 9.95. The Balaban J connectivity index is 1.87. The van der Waals surface area contributed by atoms with Gasteiger partial charge in [0.25, 0.3) is 11.6 Å². The van der Waals surface area contributed by atoms with Crippen molar-refractivity contribution < 1.29 is 27.6 Å². The van der Waals surface area contributed by atoms with Crippen LogP contribution in [0.25, 0.3) is 21.3 Å². The zero-order valence-corrected chi connectivity index (χ0v) is 20.0. The number of nitro groups is 1. The fourth-order valence-corrected chi connectivity index (χ4v) is 4.66. The summed E-state index contributed by atoms with van der Waals surface area (Å²) in [6.07, 6.45) is -4.73. The van der Waals surface area contributed by atoms with E-state index in [1.807, 2.05) is 13.8 Å². The van der Waals surface area contributed by atoms with Crippen LogP contribution in [0.3, 0.4) is 0 Å². The molecule has 0 radical (unpaired) electrons. The molecule has 2 aromatic carbocycles. The molecule has 0 saturated heterocycles. The van der Waals surface area contributed by atoms with Gasteiger partial charge >= 0.3 is 6.18 Å². The van der Waals surface area contributed by atoms with Gasteiger partial charge in [0.2, 0.25) is 0 Å². The fourth-order valence-electron chi connectivity index (χ4n) is 3.65. The number of nitrogens with zero attached hydrogens (tertiary/aromatic N) is 2. The maximum atomic E-state index is 13.6. The molecule has 3 N–H and O–H groups in total. The molecule has 36 heavy (non-hydrogen) atoms. The first kappa shape index (κ1) is 24.9. The number of rotatable bonds is 5. The number of thiophene rings is 1. The zero-order valence-electron chi connectivity index (χ0n) is 19.2. The largest absolute Gasteiger partial charge is 0.496 e. The molecule has 8 nitrogen and oxygen atoms in total. The Morgan fingerprint density at radius 3 is 2.47 bits per heavy atom. The number of carbonyl (C=O) groups excluding carboxylic acids is 1. The normalized spacial score (nSPS) is 11.5. The third kappa shape index (κ3) is 4.54. The number of aryl methyl sites for hydroxylation is 2. The molecule has 1 amide bonds. The van der Waals surface area contributed by atoms with Crippen molar-refractivity contribution in [1.29, 1.82) is 0 Å². The molecule has 0 atom stereocenters. The fraction of sp³-hybridized carbons (Fsp3) is 0.167. The number of nitrogens with two attached hydrogens (primary N) is 1. The van der Waals surface area contributed by atoms with E-state index < -0.39 is 28.4 Å². The lowest BCUT2D eigenvalue weighted by molar-refractivity contribution is -0.384. The summed E-state index contributed by atoms with van der Waals surface area (Å²) in [7, 11) is 1.34. The van der Waals surface area contributed by atoms with Crippen LogP contribution in [0, 0.1) is 24.0 Å². The number of anilines is 2. The molecule has 12 heteroatoms. The van der Waals surface area contributed by atoms with Crippen LogP contribution >= 0.6 is 11.3 Å².